The summed E-state index contributed by atoms with van der Waals surface area (Å²) in [7, 11) is 4.00. The minimum atomic E-state index is -0.237. The van der Waals surface area contributed by atoms with Crippen molar-refractivity contribution in [2.75, 3.05) is 37.8 Å². The quantitative estimate of drug-likeness (QED) is 0.853. The van der Waals surface area contributed by atoms with E-state index < -0.39 is 0 Å². The van der Waals surface area contributed by atoms with Crippen LogP contribution in [0.15, 0.2) is 24.3 Å². The lowest BCUT2D eigenvalue weighted by molar-refractivity contribution is 0.102. The van der Waals surface area contributed by atoms with Gasteiger partial charge in [-0.1, -0.05) is 6.07 Å². The van der Waals surface area contributed by atoms with Crippen molar-refractivity contribution >= 4 is 17.5 Å². The molecule has 2 rings (SSSR count). The molecule has 1 heterocycles. The SMILES string of the molecule is Cc1cc(C(=O)Nc2ccc(C)c(C)c2)nc(NCCN(C)C)n1. The van der Waals surface area contributed by atoms with Gasteiger partial charge in [0, 0.05) is 24.5 Å². The summed E-state index contributed by atoms with van der Waals surface area (Å²) in [5.41, 5.74) is 4.20. The molecule has 24 heavy (non-hydrogen) atoms. The number of hydrogen-bond donors (Lipinski definition) is 2. The number of amides is 1. The van der Waals surface area contributed by atoms with E-state index in [2.05, 4.69) is 25.5 Å². The number of likely N-dealkylation sites (N-methyl/N-ethyl adjacent to an activating group) is 1. The van der Waals surface area contributed by atoms with Gasteiger partial charge in [0.2, 0.25) is 5.95 Å². The third-order valence-corrected chi connectivity index (χ3v) is 3.69. The Morgan fingerprint density at radius 3 is 2.50 bits per heavy atom. The Labute approximate surface area is 143 Å². The molecule has 0 atom stereocenters. The lowest BCUT2D eigenvalue weighted by Crippen LogP contribution is -2.22. The van der Waals surface area contributed by atoms with E-state index in [0.29, 0.717) is 18.2 Å². The Morgan fingerprint density at radius 1 is 1.08 bits per heavy atom. The lowest BCUT2D eigenvalue weighted by Gasteiger charge is -2.12. The van der Waals surface area contributed by atoms with Crippen LogP contribution in [0.1, 0.15) is 27.3 Å². The van der Waals surface area contributed by atoms with Gasteiger partial charge in [0.1, 0.15) is 5.69 Å². The highest BCUT2D eigenvalue weighted by molar-refractivity contribution is 6.03. The second-order valence-corrected chi connectivity index (χ2v) is 6.20. The van der Waals surface area contributed by atoms with Crippen LogP contribution in [0.4, 0.5) is 11.6 Å². The molecule has 2 aromatic rings. The van der Waals surface area contributed by atoms with E-state index in [-0.39, 0.29) is 5.91 Å². The van der Waals surface area contributed by atoms with Crippen LogP contribution in [0.3, 0.4) is 0 Å². The molecule has 128 valence electrons. The first kappa shape index (κ1) is 17.9. The molecule has 0 fully saturated rings. The topological polar surface area (TPSA) is 70.2 Å². The number of anilines is 2. The number of benzene rings is 1. The van der Waals surface area contributed by atoms with Crippen molar-refractivity contribution in [3.05, 3.63) is 46.8 Å². The zero-order chi connectivity index (χ0) is 17.7. The fourth-order valence-corrected chi connectivity index (χ4v) is 2.17. The second-order valence-electron chi connectivity index (χ2n) is 6.20. The van der Waals surface area contributed by atoms with Gasteiger partial charge in [0.05, 0.1) is 0 Å². The fraction of sp³-hybridized carbons (Fsp3) is 0.389. The third-order valence-electron chi connectivity index (χ3n) is 3.69. The number of rotatable bonds is 6. The van der Waals surface area contributed by atoms with E-state index in [1.807, 2.05) is 53.1 Å². The zero-order valence-electron chi connectivity index (χ0n) is 15.0. The molecule has 6 nitrogen and oxygen atoms in total. The first-order valence-electron chi connectivity index (χ1n) is 7.98. The number of nitrogens with zero attached hydrogens (tertiary/aromatic N) is 3. The van der Waals surface area contributed by atoms with Crippen LogP contribution in [-0.4, -0.2) is 48.0 Å². The summed E-state index contributed by atoms with van der Waals surface area (Å²) in [5.74, 6) is 0.237. The highest BCUT2D eigenvalue weighted by atomic mass is 16.1. The van der Waals surface area contributed by atoms with Gasteiger partial charge in [-0.15, -0.1) is 0 Å². The average molecular weight is 327 g/mol. The molecule has 2 N–H and O–H groups in total. The Bertz CT molecular complexity index is 727. The van der Waals surface area contributed by atoms with Gasteiger partial charge < -0.3 is 15.5 Å². The molecule has 0 bridgehead atoms. The van der Waals surface area contributed by atoms with Crippen molar-refractivity contribution in [1.29, 1.82) is 0 Å². The molecule has 0 saturated carbocycles. The van der Waals surface area contributed by atoms with Crippen molar-refractivity contribution in [2.45, 2.75) is 20.8 Å². The predicted octanol–water partition coefficient (Wildman–Crippen LogP) is 2.63. The van der Waals surface area contributed by atoms with Crippen molar-refractivity contribution in [2.24, 2.45) is 0 Å². The molecule has 6 heteroatoms. The summed E-state index contributed by atoms with van der Waals surface area (Å²) in [6.45, 7) is 7.49. The standard InChI is InChI=1S/C18H25N5O/c1-12-6-7-15(10-13(12)2)21-17(24)16-11-14(3)20-18(22-16)19-8-9-23(4)5/h6-7,10-11H,8-9H2,1-5H3,(H,21,24)(H,19,20,22). The first-order valence-corrected chi connectivity index (χ1v) is 7.98. The summed E-state index contributed by atoms with van der Waals surface area (Å²) in [6.07, 6.45) is 0. The van der Waals surface area contributed by atoms with Crippen LogP contribution in [0.25, 0.3) is 0 Å². The average Bonchev–Trinajstić information content (AvgIpc) is 2.50. The molecular weight excluding hydrogens is 302 g/mol. The molecule has 0 saturated heterocycles. The van der Waals surface area contributed by atoms with Crippen LogP contribution >= 0.6 is 0 Å². The van der Waals surface area contributed by atoms with E-state index in [1.54, 1.807) is 6.07 Å². The molecule has 0 aliphatic rings. The maximum atomic E-state index is 12.5. The Morgan fingerprint density at radius 2 is 1.83 bits per heavy atom. The summed E-state index contributed by atoms with van der Waals surface area (Å²) >= 11 is 0. The molecule has 1 amide bonds. The molecule has 0 spiro atoms. The molecule has 0 aliphatic heterocycles. The lowest BCUT2D eigenvalue weighted by atomic mass is 10.1. The molecule has 0 radical (unpaired) electrons. The van der Waals surface area contributed by atoms with Gasteiger partial charge in [-0.25, -0.2) is 9.97 Å². The first-order chi connectivity index (χ1) is 11.3. The number of hydrogen-bond acceptors (Lipinski definition) is 5. The molecule has 1 aromatic heterocycles. The van der Waals surface area contributed by atoms with Crippen LogP contribution in [-0.2, 0) is 0 Å². The normalized spacial score (nSPS) is 10.8. The van der Waals surface area contributed by atoms with Crippen LogP contribution in [0.5, 0.6) is 0 Å². The summed E-state index contributed by atoms with van der Waals surface area (Å²) in [5, 5.41) is 6.04. The monoisotopic (exact) mass is 327 g/mol. The van der Waals surface area contributed by atoms with E-state index >= 15 is 0 Å². The number of nitrogens with one attached hydrogen (secondary N) is 2. The van der Waals surface area contributed by atoms with Crippen LogP contribution < -0.4 is 10.6 Å². The van der Waals surface area contributed by atoms with Crippen molar-refractivity contribution < 1.29 is 4.79 Å². The van der Waals surface area contributed by atoms with E-state index in [1.165, 1.54) is 5.56 Å². The maximum Gasteiger partial charge on any atom is 0.274 e. The van der Waals surface area contributed by atoms with Gasteiger partial charge in [0.15, 0.2) is 0 Å². The van der Waals surface area contributed by atoms with Gasteiger partial charge in [-0.3, -0.25) is 4.79 Å². The molecular formula is C18H25N5O. The molecule has 0 aliphatic carbocycles. The molecule has 0 unspecified atom stereocenters. The summed E-state index contributed by atoms with van der Waals surface area (Å²) in [4.78, 5) is 23.2. The third kappa shape index (κ3) is 5.03. The highest BCUT2D eigenvalue weighted by Crippen LogP contribution is 2.15. The largest absolute Gasteiger partial charge is 0.353 e. The minimum Gasteiger partial charge on any atom is -0.353 e. The van der Waals surface area contributed by atoms with Gasteiger partial charge in [0.25, 0.3) is 5.91 Å². The molecule has 1 aromatic carbocycles. The number of aryl methyl sites for hydroxylation is 3. The van der Waals surface area contributed by atoms with Gasteiger partial charge >= 0.3 is 0 Å². The van der Waals surface area contributed by atoms with Crippen LogP contribution in [0.2, 0.25) is 0 Å². The minimum absolute atomic E-state index is 0.237. The van der Waals surface area contributed by atoms with E-state index in [9.17, 15) is 4.79 Å². The van der Waals surface area contributed by atoms with Crippen molar-refractivity contribution in [1.82, 2.24) is 14.9 Å². The number of aromatic nitrogens is 2. The Kier molecular flexibility index (Phi) is 5.87. The van der Waals surface area contributed by atoms with Crippen molar-refractivity contribution in [3.8, 4) is 0 Å². The fourth-order valence-electron chi connectivity index (χ4n) is 2.17. The van der Waals surface area contributed by atoms with E-state index in [4.69, 9.17) is 0 Å². The maximum absolute atomic E-state index is 12.5. The number of carbonyl (C=O) groups excluding carboxylic acids is 1. The smallest absolute Gasteiger partial charge is 0.274 e. The summed E-state index contributed by atoms with van der Waals surface area (Å²) in [6, 6.07) is 7.53. The zero-order valence-corrected chi connectivity index (χ0v) is 15.0. The Balaban J connectivity index is 2.10. The number of carbonyl (C=O) groups is 1. The van der Waals surface area contributed by atoms with Gasteiger partial charge in [-0.05, 0) is 64.2 Å². The van der Waals surface area contributed by atoms with Gasteiger partial charge in [-0.2, -0.15) is 0 Å². The summed E-state index contributed by atoms with van der Waals surface area (Å²) < 4.78 is 0. The Hall–Kier alpha value is -2.47. The van der Waals surface area contributed by atoms with Crippen LogP contribution in [0, 0.1) is 20.8 Å². The van der Waals surface area contributed by atoms with Crippen molar-refractivity contribution in [3.63, 3.8) is 0 Å². The highest BCUT2D eigenvalue weighted by Gasteiger charge is 2.11. The predicted molar refractivity (Wildman–Crippen MR) is 97.7 cm³/mol. The second kappa shape index (κ2) is 7.88. The van der Waals surface area contributed by atoms with E-state index in [0.717, 1.165) is 23.5 Å².